The summed E-state index contributed by atoms with van der Waals surface area (Å²) in [4.78, 5) is 12.7. The van der Waals surface area contributed by atoms with E-state index < -0.39 is 0 Å². The van der Waals surface area contributed by atoms with Crippen molar-refractivity contribution < 1.29 is 9.90 Å². The molecule has 0 bridgehead atoms. The topological polar surface area (TPSA) is 78.6 Å². The van der Waals surface area contributed by atoms with Gasteiger partial charge in [-0.25, -0.2) is 4.79 Å². The van der Waals surface area contributed by atoms with Gasteiger partial charge >= 0.3 is 6.03 Å². The quantitative estimate of drug-likeness (QED) is 0.751. The Morgan fingerprint density at radius 2 is 2.17 bits per heavy atom. The number of carbonyl (C=O) groups is 1. The van der Waals surface area contributed by atoms with Gasteiger partial charge in [0.2, 0.25) is 0 Å². The van der Waals surface area contributed by atoms with Crippen LogP contribution in [0.15, 0.2) is 24.3 Å². The van der Waals surface area contributed by atoms with Gasteiger partial charge in [0.05, 0.1) is 6.61 Å². The van der Waals surface area contributed by atoms with E-state index in [1.165, 1.54) is 0 Å². The van der Waals surface area contributed by atoms with E-state index in [4.69, 9.17) is 10.8 Å². The van der Waals surface area contributed by atoms with E-state index in [1.807, 2.05) is 24.3 Å². The second kappa shape index (κ2) is 5.73. The van der Waals surface area contributed by atoms with E-state index in [9.17, 15) is 4.79 Å². The standard InChI is InChI=1S/C13H19N3O2/c14-13(18)16-6-4-11(5-7-16)15-12-3-1-2-10(8-12)9-17/h1-3,8,11,15,17H,4-7,9H2,(H2,14,18). The molecule has 1 aliphatic heterocycles. The Kier molecular flexibility index (Phi) is 4.04. The molecule has 1 aliphatic rings. The summed E-state index contributed by atoms with van der Waals surface area (Å²) in [6.07, 6.45) is 1.79. The van der Waals surface area contributed by atoms with Crippen LogP contribution < -0.4 is 11.1 Å². The first-order valence-electron chi connectivity index (χ1n) is 6.20. The number of anilines is 1. The summed E-state index contributed by atoms with van der Waals surface area (Å²) < 4.78 is 0. The van der Waals surface area contributed by atoms with Crippen molar-refractivity contribution in [3.05, 3.63) is 29.8 Å². The van der Waals surface area contributed by atoms with E-state index in [1.54, 1.807) is 4.90 Å². The number of nitrogens with one attached hydrogen (secondary N) is 1. The smallest absolute Gasteiger partial charge is 0.314 e. The molecule has 0 unspecified atom stereocenters. The van der Waals surface area contributed by atoms with E-state index >= 15 is 0 Å². The highest BCUT2D eigenvalue weighted by Crippen LogP contribution is 2.17. The molecule has 1 aromatic carbocycles. The lowest BCUT2D eigenvalue weighted by Crippen LogP contribution is -2.44. The number of likely N-dealkylation sites (tertiary alicyclic amines) is 1. The predicted molar refractivity (Wildman–Crippen MR) is 70.2 cm³/mol. The fraction of sp³-hybridized carbons (Fsp3) is 0.462. The number of nitrogens with zero attached hydrogens (tertiary/aromatic N) is 1. The van der Waals surface area contributed by atoms with Crippen LogP contribution in [0.2, 0.25) is 0 Å². The van der Waals surface area contributed by atoms with Gasteiger partial charge < -0.3 is 21.1 Å². The number of benzene rings is 1. The maximum absolute atomic E-state index is 11.0. The number of piperidine rings is 1. The zero-order chi connectivity index (χ0) is 13.0. The van der Waals surface area contributed by atoms with Crippen LogP contribution in [0, 0.1) is 0 Å². The molecule has 0 aliphatic carbocycles. The molecule has 0 spiro atoms. The summed E-state index contributed by atoms with van der Waals surface area (Å²) in [6.45, 7) is 1.45. The maximum atomic E-state index is 11.0. The van der Waals surface area contributed by atoms with Crippen molar-refractivity contribution in [2.75, 3.05) is 18.4 Å². The monoisotopic (exact) mass is 249 g/mol. The first-order valence-corrected chi connectivity index (χ1v) is 6.20. The van der Waals surface area contributed by atoms with Crippen LogP contribution in [-0.4, -0.2) is 35.2 Å². The molecule has 18 heavy (non-hydrogen) atoms. The molecule has 1 aromatic rings. The summed E-state index contributed by atoms with van der Waals surface area (Å²) in [5.74, 6) is 0. The van der Waals surface area contributed by atoms with Crippen LogP contribution in [0.3, 0.4) is 0 Å². The fourth-order valence-electron chi connectivity index (χ4n) is 2.24. The Morgan fingerprint density at radius 1 is 1.44 bits per heavy atom. The molecule has 0 radical (unpaired) electrons. The summed E-state index contributed by atoms with van der Waals surface area (Å²) in [7, 11) is 0. The van der Waals surface area contributed by atoms with Gasteiger partial charge in [-0.05, 0) is 30.5 Å². The fourth-order valence-corrected chi connectivity index (χ4v) is 2.24. The maximum Gasteiger partial charge on any atom is 0.314 e. The molecule has 1 fully saturated rings. The lowest BCUT2D eigenvalue weighted by atomic mass is 10.0. The van der Waals surface area contributed by atoms with Gasteiger partial charge in [-0.2, -0.15) is 0 Å². The molecule has 5 nitrogen and oxygen atoms in total. The number of carbonyl (C=O) groups excluding carboxylic acids is 1. The van der Waals surface area contributed by atoms with Crippen molar-refractivity contribution in [1.29, 1.82) is 0 Å². The number of urea groups is 1. The van der Waals surface area contributed by atoms with Crippen LogP contribution in [0.4, 0.5) is 10.5 Å². The zero-order valence-corrected chi connectivity index (χ0v) is 10.3. The third-order valence-corrected chi connectivity index (χ3v) is 3.29. The molecule has 1 saturated heterocycles. The number of rotatable bonds is 3. The average Bonchev–Trinajstić information content (AvgIpc) is 2.39. The summed E-state index contributed by atoms with van der Waals surface area (Å²) in [5, 5.41) is 12.5. The lowest BCUT2D eigenvalue weighted by Gasteiger charge is -2.31. The Labute approximate surface area is 107 Å². The Bertz CT molecular complexity index is 414. The summed E-state index contributed by atoms with van der Waals surface area (Å²) in [5.41, 5.74) is 7.15. The van der Waals surface area contributed by atoms with Gasteiger partial charge in [0, 0.05) is 24.8 Å². The number of amides is 2. The molecule has 5 heteroatoms. The predicted octanol–water partition coefficient (Wildman–Crippen LogP) is 1.13. The zero-order valence-electron chi connectivity index (χ0n) is 10.3. The van der Waals surface area contributed by atoms with Crippen molar-refractivity contribution in [1.82, 2.24) is 4.90 Å². The number of hydrogen-bond donors (Lipinski definition) is 3. The van der Waals surface area contributed by atoms with Crippen LogP contribution >= 0.6 is 0 Å². The van der Waals surface area contributed by atoms with Crippen molar-refractivity contribution in [2.45, 2.75) is 25.5 Å². The van der Waals surface area contributed by atoms with Gasteiger partial charge in [-0.3, -0.25) is 0 Å². The molecule has 0 saturated carbocycles. The number of aliphatic hydroxyl groups excluding tert-OH is 1. The van der Waals surface area contributed by atoms with E-state index in [0.717, 1.165) is 24.1 Å². The molecular formula is C13H19N3O2. The summed E-state index contributed by atoms with van der Waals surface area (Å²) in [6, 6.07) is 7.76. The van der Waals surface area contributed by atoms with Gasteiger partial charge in [0.15, 0.2) is 0 Å². The number of primary amides is 1. The first kappa shape index (κ1) is 12.7. The Hall–Kier alpha value is -1.75. The first-order chi connectivity index (χ1) is 8.69. The van der Waals surface area contributed by atoms with E-state index in [0.29, 0.717) is 19.1 Å². The molecule has 0 aromatic heterocycles. The molecule has 2 rings (SSSR count). The van der Waals surface area contributed by atoms with Crippen molar-refractivity contribution in [2.24, 2.45) is 5.73 Å². The molecule has 98 valence electrons. The summed E-state index contributed by atoms with van der Waals surface area (Å²) >= 11 is 0. The molecule has 1 heterocycles. The van der Waals surface area contributed by atoms with E-state index in [-0.39, 0.29) is 12.6 Å². The largest absolute Gasteiger partial charge is 0.392 e. The lowest BCUT2D eigenvalue weighted by molar-refractivity contribution is 0.193. The number of aliphatic hydroxyl groups is 1. The SMILES string of the molecule is NC(=O)N1CCC(Nc2cccc(CO)c2)CC1. The highest BCUT2D eigenvalue weighted by atomic mass is 16.3. The molecule has 2 amide bonds. The van der Waals surface area contributed by atoms with E-state index in [2.05, 4.69) is 5.32 Å². The van der Waals surface area contributed by atoms with Crippen LogP contribution in [-0.2, 0) is 6.61 Å². The van der Waals surface area contributed by atoms with Gasteiger partial charge in [-0.1, -0.05) is 12.1 Å². The van der Waals surface area contributed by atoms with Gasteiger partial charge in [-0.15, -0.1) is 0 Å². The third-order valence-electron chi connectivity index (χ3n) is 3.29. The third kappa shape index (κ3) is 3.13. The minimum atomic E-state index is -0.337. The number of nitrogens with two attached hydrogens (primary N) is 1. The van der Waals surface area contributed by atoms with Gasteiger partial charge in [0.1, 0.15) is 0 Å². The second-order valence-corrected chi connectivity index (χ2v) is 4.60. The highest BCUT2D eigenvalue weighted by Gasteiger charge is 2.20. The van der Waals surface area contributed by atoms with Crippen LogP contribution in [0.25, 0.3) is 0 Å². The second-order valence-electron chi connectivity index (χ2n) is 4.60. The van der Waals surface area contributed by atoms with Gasteiger partial charge in [0.25, 0.3) is 0 Å². The van der Waals surface area contributed by atoms with Crippen molar-refractivity contribution >= 4 is 11.7 Å². The Balaban J connectivity index is 1.89. The highest BCUT2D eigenvalue weighted by molar-refractivity contribution is 5.72. The normalized spacial score (nSPS) is 16.6. The minimum absolute atomic E-state index is 0.0512. The van der Waals surface area contributed by atoms with Crippen molar-refractivity contribution in [3.8, 4) is 0 Å². The van der Waals surface area contributed by atoms with Crippen LogP contribution in [0.5, 0.6) is 0 Å². The number of hydrogen-bond acceptors (Lipinski definition) is 3. The van der Waals surface area contributed by atoms with Crippen molar-refractivity contribution in [3.63, 3.8) is 0 Å². The van der Waals surface area contributed by atoms with Crippen LogP contribution in [0.1, 0.15) is 18.4 Å². The average molecular weight is 249 g/mol. The molecule has 4 N–H and O–H groups in total. The minimum Gasteiger partial charge on any atom is -0.392 e. The molecular weight excluding hydrogens is 230 g/mol. The molecule has 0 atom stereocenters. The Morgan fingerprint density at radius 3 is 2.78 bits per heavy atom.